The number of ether oxygens (including phenoxy) is 1. The van der Waals surface area contributed by atoms with Gasteiger partial charge in [-0.25, -0.2) is 4.79 Å². The lowest BCUT2D eigenvalue weighted by Crippen LogP contribution is -2.42. The minimum absolute atomic E-state index is 0.0151. The van der Waals surface area contributed by atoms with Crippen LogP contribution < -0.4 is 11.4 Å². The molecule has 0 bridgehead atoms. The molecule has 3 atom stereocenters. The second-order valence-corrected chi connectivity index (χ2v) is 4.92. The van der Waals surface area contributed by atoms with E-state index >= 15 is 0 Å². The van der Waals surface area contributed by atoms with E-state index in [1.807, 2.05) is 6.92 Å². The topological polar surface area (TPSA) is 111 Å². The zero-order valence-electron chi connectivity index (χ0n) is 11.4. The van der Waals surface area contributed by atoms with Crippen molar-refractivity contribution >= 4 is 5.82 Å². The molecule has 0 amide bonds. The number of anilines is 1. The van der Waals surface area contributed by atoms with E-state index in [-0.39, 0.29) is 5.82 Å². The van der Waals surface area contributed by atoms with E-state index in [0.29, 0.717) is 23.0 Å². The van der Waals surface area contributed by atoms with Crippen molar-refractivity contribution in [3.8, 4) is 0 Å². The molecular weight excluding hydrogens is 288 g/mol. The summed E-state index contributed by atoms with van der Waals surface area (Å²) in [4.78, 5) is 15.3. The third kappa shape index (κ3) is 2.63. The van der Waals surface area contributed by atoms with E-state index in [4.69, 9.17) is 15.6 Å². The third-order valence-corrected chi connectivity index (χ3v) is 3.39. The molecule has 21 heavy (non-hydrogen) atoms. The fourth-order valence-electron chi connectivity index (χ4n) is 2.27. The Labute approximate surface area is 119 Å². The maximum Gasteiger partial charge on any atom is 0.351 e. The number of nitrogens with zero attached hydrogens (tertiary/aromatic N) is 2. The molecule has 118 valence electrons. The molecule has 1 aliphatic rings. The van der Waals surface area contributed by atoms with Gasteiger partial charge in [-0.3, -0.25) is 4.57 Å². The first-order valence-corrected chi connectivity index (χ1v) is 6.52. The van der Waals surface area contributed by atoms with Crippen LogP contribution in [0.15, 0.2) is 11.0 Å². The first-order valence-electron chi connectivity index (χ1n) is 6.52. The maximum atomic E-state index is 14.0. The van der Waals surface area contributed by atoms with Gasteiger partial charge in [-0.2, -0.15) is 13.8 Å². The van der Waals surface area contributed by atoms with E-state index < -0.39 is 36.7 Å². The molecule has 0 radical (unpaired) electrons. The van der Waals surface area contributed by atoms with Crippen LogP contribution >= 0.6 is 0 Å². The quantitative estimate of drug-likeness (QED) is 0.702. The average molecular weight is 305 g/mol. The van der Waals surface area contributed by atoms with Gasteiger partial charge in [0.1, 0.15) is 11.9 Å². The SMILES string of the molecule is CCCc1cn(C2OC(CO)C(O)C2(F)F)c(=O)nc1N. The van der Waals surface area contributed by atoms with Crippen molar-refractivity contribution in [2.24, 2.45) is 0 Å². The molecule has 0 aromatic carbocycles. The number of alkyl halides is 2. The Bertz CT molecular complexity index is 578. The van der Waals surface area contributed by atoms with Crippen LogP contribution in [-0.4, -0.2) is 44.5 Å². The third-order valence-electron chi connectivity index (χ3n) is 3.39. The predicted octanol–water partition coefficient (Wildman–Crippen LogP) is -0.336. The van der Waals surface area contributed by atoms with Gasteiger partial charge in [0.15, 0.2) is 6.10 Å². The number of aliphatic hydroxyl groups excluding tert-OH is 2. The number of hydrogen-bond donors (Lipinski definition) is 3. The molecule has 4 N–H and O–H groups in total. The fraction of sp³-hybridized carbons (Fsp3) is 0.667. The van der Waals surface area contributed by atoms with Crippen molar-refractivity contribution in [2.75, 3.05) is 12.3 Å². The standard InChI is InChI=1S/C12H17F2N3O4/c1-2-3-6-4-17(11(20)16-9(6)15)10-12(13,14)8(19)7(5-18)21-10/h4,7-8,10,18-19H,2-3,5H2,1H3,(H2,15,16,20). The van der Waals surface area contributed by atoms with Gasteiger partial charge in [0, 0.05) is 11.8 Å². The summed E-state index contributed by atoms with van der Waals surface area (Å²) in [5, 5.41) is 18.4. The Hall–Kier alpha value is -1.58. The summed E-state index contributed by atoms with van der Waals surface area (Å²) in [7, 11) is 0. The van der Waals surface area contributed by atoms with Crippen LogP contribution in [0.25, 0.3) is 0 Å². The largest absolute Gasteiger partial charge is 0.394 e. The summed E-state index contributed by atoms with van der Waals surface area (Å²) in [6.07, 6.45) is -3.38. The molecule has 0 aliphatic carbocycles. The highest BCUT2D eigenvalue weighted by atomic mass is 19.3. The first-order chi connectivity index (χ1) is 9.82. The van der Waals surface area contributed by atoms with Crippen molar-refractivity contribution in [3.05, 3.63) is 22.2 Å². The van der Waals surface area contributed by atoms with Crippen molar-refractivity contribution < 1.29 is 23.7 Å². The van der Waals surface area contributed by atoms with Crippen molar-refractivity contribution in [1.82, 2.24) is 9.55 Å². The maximum absolute atomic E-state index is 14.0. The van der Waals surface area contributed by atoms with Crippen molar-refractivity contribution in [2.45, 2.75) is 44.1 Å². The molecule has 7 nitrogen and oxygen atoms in total. The monoisotopic (exact) mass is 305 g/mol. The Morgan fingerprint density at radius 1 is 1.57 bits per heavy atom. The summed E-state index contributed by atoms with van der Waals surface area (Å²) >= 11 is 0. The molecule has 9 heteroatoms. The number of halogens is 2. The molecule has 3 unspecified atom stereocenters. The molecule has 0 saturated carbocycles. The number of rotatable bonds is 4. The van der Waals surface area contributed by atoms with Gasteiger partial charge < -0.3 is 20.7 Å². The van der Waals surface area contributed by atoms with Crippen LogP contribution in [0.3, 0.4) is 0 Å². The molecule has 1 fully saturated rings. The normalized spacial score (nSPS) is 28.0. The van der Waals surface area contributed by atoms with E-state index in [0.717, 1.165) is 0 Å². The lowest BCUT2D eigenvalue weighted by molar-refractivity contribution is -0.141. The van der Waals surface area contributed by atoms with Crippen LogP contribution in [0.2, 0.25) is 0 Å². The first kappa shape index (κ1) is 15.8. The van der Waals surface area contributed by atoms with Crippen LogP contribution in [0.5, 0.6) is 0 Å². The van der Waals surface area contributed by atoms with Crippen LogP contribution in [-0.2, 0) is 11.2 Å². The number of aliphatic hydroxyl groups is 2. The molecule has 1 saturated heterocycles. The fourth-order valence-corrected chi connectivity index (χ4v) is 2.27. The summed E-state index contributed by atoms with van der Waals surface area (Å²) in [6.45, 7) is 1.08. The highest BCUT2D eigenvalue weighted by molar-refractivity contribution is 5.36. The Kier molecular flexibility index (Phi) is 4.26. The van der Waals surface area contributed by atoms with Gasteiger partial charge in [-0.05, 0) is 6.42 Å². The summed E-state index contributed by atoms with van der Waals surface area (Å²) in [6, 6.07) is 0. The predicted molar refractivity (Wildman–Crippen MR) is 68.9 cm³/mol. The van der Waals surface area contributed by atoms with Gasteiger partial charge in [-0.15, -0.1) is 0 Å². The van der Waals surface area contributed by atoms with Crippen LogP contribution in [0.4, 0.5) is 14.6 Å². The van der Waals surface area contributed by atoms with E-state index in [2.05, 4.69) is 4.98 Å². The Morgan fingerprint density at radius 2 is 2.24 bits per heavy atom. The van der Waals surface area contributed by atoms with Crippen molar-refractivity contribution in [3.63, 3.8) is 0 Å². The molecule has 2 rings (SSSR count). The highest BCUT2D eigenvalue weighted by Gasteiger charge is 2.59. The summed E-state index contributed by atoms with van der Waals surface area (Å²) in [5.41, 5.74) is 5.03. The Balaban J connectivity index is 2.46. The van der Waals surface area contributed by atoms with Gasteiger partial charge in [0.2, 0.25) is 6.23 Å². The highest BCUT2D eigenvalue weighted by Crippen LogP contribution is 2.42. The number of aryl methyl sites for hydroxylation is 1. The smallest absolute Gasteiger partial charge is 0.351 e. The van der Waals surface area contributed by atoms with Crippen LogP contribution in [0, 0.1) is 0 Å². The van der Waals surface area contributed by atoms with Crippen molar-refractivity contribution in [1.29, 1.82) is 0 Å². The molecule has 2 heterocycles. The number of hydrogen-bond acceptors (Lipinski definition) is 6. The zero-order chi connectivity index (χ0) is 15.8. The number of nitrogen functional groups attached to an aromatic ring is 1. The average Bonchev–Trinajstić information content (AvgIpc) is 2.65. The minimum Gasteiger partial charge on any atom is -0.394 e. The lowest BCUT2D eigenvalue weighted by atomic mass is 10.1. The molecule has 1 aromatic heterocycles. The van der Waals surface area contributed by atoms with E-state index in [1.54, 1.807) is 0 Å². The second-order valence-electron chi connectivity index (χ2n) is 4.92. The molecule has 0 spiro atoms. The zero-order valence-corrected chi connectivity index (χ0v) is 11.4. The molecular formula is C12H17F2N3O4. The number of nitrogens with two attached hydrogens (primary N) is 1. The van der Waals surface area contributed by atoms with Gasteiger partial charge in [-0.1, -0.05) is 13.3 Å². The van der Waals surface area contributed by atoms with Crippen LogP contribution in [0.1, 0.15) is 25.1 Å². The Morgan fingerprint density at radius 3 is 2.76 bits per heavy atom. The summed E-state index contributed by atoms with van der Waals surface area (Å²) in [5.74, 6) is -3.74. The summed E-state index contributed by atoms with van der Waals surface area (Å²) < 4.78 is 33.6. The second kappa shape index (κ2) is 5.66. The van der Waals surface area contributed by atoms with Gasteiger partial charge >= 0.3 is 11.6 Å². The van der Waals surface area contributed by atoms with E-state index in [9.17, 15) is 18.7 Å². The number of aromatic nitrogens is 2. The molecule has 1 aliphatic heterocycles. The van der Waals surface area contributed by atoms with Gasteiger partial charge in [0.25, 0.3) is 0 Å². The van der Waals surface area contributed by atoms with E-state index in [1.165, 1.54) is 6.20 Å². The van der Waals surface area contributed by atoms with Gasteiger partial charge in [0.05, 0.1) is 6.61 Å². The minimum atomic E-state index is -3.72. The lowest BCUT2D eigenvalue weighted by Gasteiger charge is -2.21. The molecule has 1 aromatic rings.